The highest BCUT2D eigenvalue weighted by Crippen LogP contribution is 2.32. The van der Waals surface area contributed by atoms with Gasteiger partial charge < -0.3 is 4.98 Å². The van der Waals surface area contributed by atoms with Gasteiger partial charge in [0, 0.05) is 34.4 Å². The van der Waals surface area contributed by atoms with Gasteiger partial charge in [-0.3, -0.25) is 20.4 Å². The Kier molecular flexibility index (Phi) is 4.77. The molecular weight excluding hydrogens is 362 g/mol. The van der Waals surface area contributed by atoms with E-state index in [4.69, 9.17) is 0 Å². The van der Waals surface area contributed by atoms with E-state index in [1.54, 1.807) is 6.21 Å². The molecule has 3 unspecified atom stereocenters. The first-order valence-electron chi connectivity index (χ1n) is 10.3. The Labute approximate surface area is 170 Å². The van der Waals surface area contributed by atoms with Crippen LogP contribution in [0.15, 0.2) is 65.9 Å². The number of nitrogens with zero attached hydrogens (tertiary/aromatic N) is 2. The van der Waals surface area contributed by atoms with Gasteiger partial charge in [0.2, 0.25) is 5.91 Å². The van der Waals surface area contributed by atoms with E-state index in [-0.39, 0.29) is 24.2 Å². The van der Waals surface area contributed by atoms with Gasteiger partial charge in [-0.25, -0.2) is 0 Å². The topological polar surface area (TPSA) is 72.5 Å². The fourth-order valence-electron chi connectivity index (χ4n) is 4.55. The fraction of sp³-hybridized carbons (Fsp3) is 0.304. The second kappa shape index (κ2) is 7.72. The lowest BCUT2D eigenvalue weighted by Crippen LogP contribution is -2.68. The number of amides is 1. The van der Waals surface area contributed by atoms with Gasteiger partial charge >= 0.3 is 0 Å². The van der Waals surface area contributed by atoms with E-state index in [2.05, 4.69) is 26.9 Å². The molecule has 2 heterocycles. The largest absolute Gasteiger partial charge is 0.361 e. The lowest BCUT2D eigenvalue weighted by molar-refractivity contribution is -0.127. The number of benzene rings is 2. The number of anilines is 1. The van der Waals surface area contributed by atoms with Crippen molar-refractivity contribution in [3.8, 4) is 0 Å². The van der Waals surface area contributed by atoms with Gasteiger partial charge in [0.25, 0.3) is 0 Å². The summed E-state index contributed by atoms with van der Waals surface area (Å²) in [4.78, 5) is 18.4. The molecule has 1 saturated heterocycles. The summed E-state index contributed by atoms with van der Waals surface area (Å²) in [5.41, 5.74) is 6.16. The first-order chi connectivity index (χ1) is 14.3. The van der Waals surface area contributed by atoms with E-state index < -0.39 is 0 Å². The summed E-state index contributed by atoms with van der Waals surface area (Å²) in [7, 11) is 0. The van der Waals surface area contributed by atoms with Crippen molar-refractivity contribution < 1.29 is 4.79 Å². The molecule has 3 aromatic rings. The normalized spacial score (nSPS) is 24.8. The van der Waals surface area contributed by atoms with Crippen molar-refractivity contribution in [2.24, 2.45) is 11.0 Å². The first kappa shape index (κ1) is 17.9. The number of hydrogen-bond acceptors (Lipinski definition) is 4. The summed E-state index contributed by atoms with van der Waals surface area (Å²) in [6.45, 7) is 0. The number of carbonyl (C=O) groups excluding carboxylic acids is 1. The predicted molar refractivity (Wildman–Crippen MR) is 116 cm³/mol. The summed E-state index contributed by atoms with van der Waals surface area (Å²) in [5, 5.41) is 9.23. The van der Waals surface area contributed by atoms with Gasteiger partial charge in [0.15, 0.2) is 6.29 Å². The van der Waals surface area contributed by atoms with Crippen LogP contribution in [0.4, 0.5) is 5.69 Å². The molecule has 1 amide bonds. The summed E-state index contributed by atoms with van der Waals surface area (Å²) in [6, 6.07) is 18.2. The van der Waals surface area contributed by atoms with E-state index in [1.807, 2.05) is 59.6 Å². The number of aromatic nitrogens is 1. The Hall–Kier alpha value is -3.12. The molecule has 1 aliphatic heterocycles. The minimum absolute atomic E-state index is 0.0413. The second-order valence-corrected chi connectivity index (χ2v) is 7.79. The van der Waals surface area contributed by atoms with Crippen LogP contribution in [0.5, 0.6) is 0 Å². The van der Waals surface area contributed by atoms with E-state index in [0.29, 0.717) is 0 Å². The quantitative estimate of drug-likeness (QED) is 0.473. The molecule has 2 aliphatic rings. The second-order valence-electron chi connectivity index (χ2n) is 7.79. The number of aromatic amines is 1. The first-order valence-corrected chi connectivity index (χ1v) is 10.3. The van der Waals surface area contributed by atoms with Gasteiger partial charge in [0.05, 0.1) is 12.1 Å². The van der Waals surface area contributed by atoms with Crippen molar-refractivity contribution in [1.82, 2.24) is 15.7 Å². The number of H-pyrrole nitrogens is 1. The smallest absolute Gasteiger partial charge is 0.234 e. The summed E-state index contributed by atoms with van der Waals surface area (Å²) >= 11 is 0. The lowest BCUT2D eigenvalue weighted by atomic mass is 9.82. The van der Waals surface area contributed by atoms with Crippen LogP contribution in [0.25, 0.3) is 10.9 Å². The molecule has 1 aromatic heterocycles. The van der Waals surface area contributed by atoms with Crippen molar-refractivity contribution in [1.29, 1.82) is 0 Å². The number of para-hydroxylation sites is 2. The number of hydrogen-bond donors (Lipinski definition) is 3. The van der Waals surface area contributed by atoms with Gasteiger partial charge in [-0.15, -0.1) is 0 Å². The zero-order chi connectivity index (χ0) is 19.6. The minimum atomic E-state index is -0.370. The third kappa shape index (κ3) is 3.40. The third-order valence-corrected chi connectivity index (χ3v) is 6.01. The monoisotopic (exact) mass is 387 g/mol. The molecule has 2 aromatic carbocycles. The third-order valence-electron chi connectivity index (χ3n) is 6.01. The molecule has 3 N–H and O–H groups in total. The average Bonchev–Trinajstić information content (AvgIpc) is 3.18. The molecule has 6 heteroatoms. The van der Waals surface area contributed by atoms with Crippen LogP contribution in [0.1, 0.15) is 31.2 Å². The lowest BCUT2D eigenvalue weighted by Gasteiger charge is -2.45. The fourth-order valence-corrected chi connectivity index (χ4v) is 4.55. The van der Waals surface area contributed by atoms with Gasteiger partial charge in [-0.2, -0.15) is 5.10 Å². The van der Waals surface area contributed by atoms with Crippen molar-refractivity contribution >= 4 is 28.7 Å². The molecule has 148 valence electrons. The van der Waals surface area contributed by atoms with E-state index in [1.165, 1.54) is 0 Å². The van der Waals surface area contributed by atoms with Gasteiger partial charge in [-0.05, 0) is 31.0 Å². The molecule has 0 bridgehead atoms. The molecule has 2 fully saturated rings. The Morgan fingerprint density at radius 2 is 1.83 bits per heavy atom. The average molecular weight is 387 g/mol. The Bertz CT molecular complexity index is 1030. The molecule has 1 aliphatic carbocycles. The molecule has 29 heavy (non-hydrogen) atoms. The maximum atomic E-state index is 13.3. The van der Waals surface area contributed by atoms with Crippen LogP contribution in [0.2, 0.25) is 0 Å². The van der Waals surface area contributed by atoms with Crippen LogP contribution < -0.4 is 15.6 Å². The number of hydrazone groups is 1. The highest BCUT2D eigenvalue weighted by Gasteiger charge is 2.43. The van der Waals surface area contributed by atoms with E-state index >= 15 is 0 Å². The summed E-state index contributed by atoms with van der Waals surface area (Å²) in [6.07, 6.45) is 7.65. The number of fused-ring (bicyclic) bond motifs is 2. The van der Waals surface area contributed by atoms with Crippen LogP contribution >= 0.6 is 0 Å². The molecule has 1 saturated carbocycles. The molecule has 0 radical (unpaired) electrons. The Balaban J connectivity index is 1.40. The van der Waals surface area contributed by atoms with Crippen molar-refractivity contribution in [2.45, 2.75) is 38.0 Å². The zero-order valence-corrected chi connectivity index (χ0v) is 16.2. The van der Waals surface area contributed by atoms with Crippen molar-refractivity contribution in [3.05, 3.63) is 66.4 Å². The molecule has 0 spiro atoms. The Morgan fingerprint density at radius 3 is 2.72 bits per heavy atom. The summed E-state index contributed by atoms with van der Waals surface area (Å²) < 4.78 is 0. The van der Waals surface area contributed by atoms with E-state index in [0.717, 1.165) is 47.8 Å². The molecule has 5 rings (SSSR count). The Morgan fingerprint density at radius 1 is 1.03 bits per heavy atom. The zero-order valence-electron chi connectivity index (χ0n) is 16.2. The molecule has 3 atom stereocenters. The SMILES string of the molecule is O=C1C2CCCCC2NC(N/N=C/c2c[nH]c3ccccc23)N1c1ccccc1. The maximum absolute atomic E-state index is 13.3. The van der Waals surface area contributed by atoms with Crippen LogP contribution in [-0.2, 0) is 4.79 Å². The number of rotatable bonds is 4. The van der Waals surface area contributed by atoms with Crippen LogP contribution in [-0.4, -0.2) is 29.4 Å². The number of carbonyl (C=O) groups is 1. The van der Waals surface area contributed by atoms with Crippen molar-refractivity contribution in [3.63, 3.8) is 0 Å². The predicted octanol–water partition coefficient (Wildman–Crippen LogP) is 3.57. The summed E-state index contributed by atoms with van der Waals surface area (Å²) in [5.74, 6) is 0.221. The minimum Gasteiger partial charge on any atom is -0.361 e. The molecular formula is C23H25N5O. The van der Waals surface area contributed by atoms with Crippen LogP contribution in [0, 0.1) is 5.92 Å². The van der Waals surface area contributed by atoms with Crippen molar-refractivity contribution in [2.75, 3.05) is 4.90 Å². The van der Waals surface area contributed by atoms with Gasteiger partial charge in [0.1, 0.15) is 0 Å². The maximum Gasteiger partial charge on any atom is 0.234 e. The highest BCUT2D eigenvalue weighted by atomic mass is 16.2. The van der Waals surface area contributed by atoms with Crippen LogP contribution in [0.3, 0.4) is 0 Å². The van der Waals surface area contributed by atoms with E-state index in [9.17, 15) is 4.79 Å². The molecule has 6 nitrogen and oxygen atoms in total. The highest BCUT2D eigenvalue weighted by molar-refractivity contribution is 5.99. The van der Waals surface area contributed by atoms with Gasteiger partial charge in [-0.1, -0.05) is 49.2 Å². The standard InChI is InChI=1S/C23H25N5O/c29-22-19-11-5-7-13-21(19)26-23(28(22)17-8-2-1-3-9-17)27-25-15-16-14-24-20-12-6-4-10-18(16)20/h1-4,6,8-10,12,14-15,19,21,23-24,26-27H,5,7,11,13H2/b25-15+. The number of nitrogens with one attached hydrogen (secondary N) is 3.